The van der Waals surface area contributed by atoms with Crippen molar-refractivity contribution in [2.75, 3.05) is 21.3 Å². The zero-order valence-electron chi connectivity index (χ0n) is 57.6. The highest BCUT2D eigenvalue weighted by Gasteiger charge is 2.33. The van der Waals surface area contributed by atoms with Crippen LogP contribution in [0.2, 0.25) is 5.02 Å². The molecule has 0 radical (unpaired) electrons. The summed E-state index contributed by atoms with van der Waals surface area (Å²) in [6, 6.07) is 64.8. The lowest BCUT2D eigenvalue weighted by Crippen LogP contribution is -2.13. The van der Waals surface area contributed by atoms with Crippen molar-refractivity contribution in [3.63, 3.8) is 0 Å². The van der Waals surface area contributed by atoms with Gasteiger partial charge in [0.25, 0.3) is 0 Å². The molecule has 106 heavy (non-hydrogen) atoms. The summed E-state index contributed by atoms with van der Waals surface area (Å²) >= 11 is 9.44. The predicted octanol–water partition coefficient (Wildman–Crippen LogP) is 21.6. The van der Waals surface area contributed by atoms with Crippen LogP contribution in [0.15, 0.2) is 244 Å². The number of hydrogen-bond acceptors (Lipinski definition) is 18. The lowest BCUT2D eigenvalue weighted by molar-refractivity contribution is 0.0690. The van der Waals surface area contributed by atoms with Gasteiger partial charge in [-0.3, -0.25) is 28.6 Å². The first-order valence-corrected chi connectivity index (χ1v) is 41.0. The van der Waals surface area contributed by atoms with E-state index in [-0.39, 0.29) is 33.1 Å². The van der Waals surface area contributed by atoms with E-state index in [2.05, 4.69) is 15.0 Å². The van der Waals surface area contributed by atoms with E-state index in [0.29, 0.717) is 60.5 Å². The van der Waals surface area contributed by atoms with Crippen molar-refractivity contribution in [3.05, 3.63) is 284 Å². The molecule has 0 saturated heterocycles. The molecule has 6 aromatic carbocycles. The summed E-state index contributed by atoms with van der Waals surface area (Å²) in [5.74, 6) is -1.04. The normalized spacial score (nSPS) is 13.1. The summed E-state index contributed by atoms with van der Waals surface area (Å²) < 4.78 is 75.2. The number of nitrogens with zero attached hydrogens (tertiary/aromatic N) is 3. The number of halogens is 1. The topological polar surface area (TPSA) is 269 Å². The Morgan fingerprint density at radius 1 is 0.396 bits per heavy atom. The zero-order chi connectivity index (χ0) is 74.6. The Kier molecular flexibility index (Phi) is 22.0. The number of aromatic carboxylic acids is 3. The van der Waals surface area contributed by atoms with Crippen LogP contribution < -0.4 is 15.9 Å². The van der Waals surface area contributed by atoms with Crippen LogP contribution in [0, 0.1) is 20.8 Å². The van der Waals surface area contributed by atoms with Gasteiger partial charge in [0.1, 0.15) is 48.5 Å². The number of thiophene rings is 3. The molecule has 25 heteroatoms. The van der Waals surface area contributed by atoms with Crippen LogP contribution in [0.1, 0.15) is 62.4 Å². The quantitative estimate of drug-likeness (QED) is 0.0564. The van der Waals surface area contributed by atoms with E-state index in [1.807, 2.05) is 185 Å². The number of benzene rings is 6. The van der Waals surface area contributed by atoms with Crippen LogP contribution >= 0.6 is 67.7 Å². The highest BCUT2D eigenvalue weighted by atomic mass is 35.5. The van der Waals surface area contributed by atoms with Crippen LogP contribution in [0.3, 0.4) is 0 Å². The molecular formula is C81H65ClN3O15P3S3. The van der Waals surface area contributed by atoms with E-state index < -0.39 is 40.0 Å². The van der Waals surface area contributed by atoms with Crippen LogP contribution in [-0.2, 0) is 45.8 Å². The second-order valence-corrected chi connectivity index (χ2v) is 35.9. The molecule has 0 fully saturated rings. The minimum absolute atomic E-state index is 0.00869. The largest absolute Gasteiger partial charge is 0.477 e. The Morgan fingerprint density at radius 2 is 0.708 bits per heavy atom. The van der Waals surface area contributed by atoms with Gasteiger partial charge in [-0.05, 0) is 157 Å². The Hall–Kier alpha value is -10.2. The van der Waals surface area contributed by atoms with Crippen molar-refractivity contribution < 1.29 is 70.2 Å². The monoisotopic (exact) mass is 1540 g/mol. The summed E-state index contributed by atoms with van der Waals surface area (Å²) in [4.78, 5) is 51.8. The molecule has 15 rings (SSSR count). The number of furan rings is 3. The second-order valence-electron chi connectivity index (χ2n) is 24.7. The van der Waals surface area contributed by atoms with Crippen LogP contribution in [0.5, 0.6) is 0 Å². The highest BCUT2D eigenvalue weighted by molar-refractivity contribution is 7.67. The number of carboxylic acid groups (broad SMARTS) is 3. The van der Waals surface area contributed by atoms with E-state index in [9.17, 15) is 43.4 Å². The number of aryl methyl sites for hydroxylation is 3. The van der Waals surface area contributed by atoms with Crippen molar-refractivity contribution >= 4 is 135 Å². The summed E-state index contributed by atoms with van der Waals surface area (Å²) in [5.41, 5.74) is 14.2. The van der Waals surface area contributed by atoms with Gasteiger partial charge < -0.3 is 42.1 Å². The van der Waals surface area contributed by atoms with Gasteiger partial charge >= 0.3 is 17.9 Å². The van der Waals surface area contributed by atoms with E-state index >= 15 is 0 Å². The van der Waals surface area contributed by atoms with E-state index in [1.54, 1.807) is 67.1 Å². The minimum Gasteiger partial charge on any atom is -0.477 e. The molecule has 9 heterocycles. The molecule has 15 aromatic rings. The molecule has 3 N–H and O–H groups in total. The van der Waals surface area contributed by atoms with Crippen molar-refractivity contribution in [3.8, 4) is 65.3 Å². The maximum absolute atomic E-state index is 13.9. The van der Waals surface area contributed by atoms with Crippen molar-refractivity contribution in [1.29, 1.82) is 0 Å². The average molecular weight is 1540 g/mol. The van der Waals surface area contributed by atoms with Gasteiger partial charge in [0, 0.05) is 110 Å². The van der Waals surface area contributed by atoms with Crippen molar-refractivity contribution in [2.45, 2.75) is 39.3 Å². The third kappa shape index (κ3) is 16.1. The zero-order valence-corrected chi connectivity index (χ0v) is 63.5. The first-order chi connectivity index (χ1) is 51.0. The van der Waals surface area contributed by atoms with Gasteiger partial charge in [0.05, 0.1) is 18.5 Å². The number of rotatable bonds is 21. The number of hydrogen-bond donors (Lipinski definition) is 3. The smallest absolute Gasteiger partial charge is 0.346 e. The minimum atomic E-state index is -3.34. The first-order valence-electron chi connectivity index (χ1n) is 32.8. The fourth-order valence-corrected chi connectivity index (χ4v) is 21.4. The van der Waals surface area contributed by atoms with Gasteiger partial charge in [0.15, 0.2) is 16.7 Å². The molecule has 0 aliphatic rings. The molecule has 0 aliphatic carbocycles. The molecule has 0 spiro atoms. The predicted molar refractivity (Wildman–Crippen MR) is 422 cm³/mol. The van der Waals surface area contributed by atoms with Crippen LogP contribution in [0.25, 0.3) is 98.6 Å². The lowest BCUT2D eigenvalue weighted by Gasteiger charge is -2.19. The summed E-state index contributed by atoms with van der Waals surface area (Å²) in [7, 11) is -5.74. The number of carboxylic acids is 3. The summed E-state index contributed by atoms with van der Waals surface area (Å²) in [5, 5.41) is 31.7. The van der Waals surface area contributed by atoms with E-state index in [4.69, 9.17) is 38.4 Å². The molecule has 0 aliphatic heterocycles. The van der Waals surface area contributed by atoms with Crippen LogP contribution in [-0.4, -0.2) is 69.5 Å². The fourth-order valence-electron chi connectivity index (χ4n) is 12.1. The van der Waals surface area contributed by atoms with Crippen molar-refractivity contribution in [1.82, 2.24) is 15.0 Å². The second kappa shape index (κ2) is 31.4. The fraction of sp³-hybridized carbons (Fsp3) is 0.111. The molecule has 534 valence electrons. The molecule has 18 nitrogen and oxygen atoms in total. The number of pyridine rings is 3. The Morgan fingerprint density at radius 3 is 1.02 bits per heavy atom. The van der Waals surface area contributed by atoms with Gasteiger partial charge in [-0.25, -0.2) is 14.4 Å². The Labute approximate surface area is 625 Å². The molecule has 3 atom stereocenters. The SMILES string of the molecule is COP(=O)(Cc1cc(-c2ccc(-c3cc4ncccc4o3)cc2)sc1C(=O)O)c1ccc(C)cc1.COP(=O)(Cc1cc(-c2ccc(-c3cc4ncccc4o3)cc2)sc1C(=O)O)c1ccc(C)cc1C.COP(=O)(Cc1cc(-c2ccc(-c3cc4ncccc4o3)cc2)sc1C(=O)O)c1ccc(Cl)cc1. The van der Waals surface area contributed by atoms with E-state index in [0.717, 1.165) is 104 Å². The Bertz CT molecular complexity index is 5590. The molecule has 3 unspecified atom stereocenters. The van der Waals surface area contributed by atoms with Gasteiger partial charge in [-0.15, -0.1) is 34.0 Å². The summed E-state index contributed by atoms with van der Waals surface area (Å²) in [6.07, 6.45) is 5.15. The van der Waals surface area contributed by atoms with Crippen LogP contribution in [0.4, 0.5) is 0 Å². The third-order valence-corrected chi connectivity index (χ3v) is 29.0. The molecular weight excluding hydrogens is 1480 g/mol. The highest BCUT2D eigenvalue weighted by Crippen LogP contribution is 2.54. The summed E-state index contributed by atoms with van der Waals surface area (Å²) in [6.45, 7) is 5.81. The van der Waals surface area contributed by atoms with E-state index in [1.165, 1.54) is 44.0 Å². The van der Waals surface area contributed by atoms with Gasteiger partial charge in [-0.2, -0.15) is 0 Å². The maximum Gasteiger partial charge on any atom is 0.346 e. The standard InChI is InChI=1S/C28H24NO5PS.C27H22NO5PS.C26H19ClNO5PS/c1-17-6-11-25(18(2)13-17)35(32,33-3)16-21-14-26(36-27(21)28(30)31)20-9-7-19(8-10-20)24-15-22-23(34-24)5-4-12-29-22;1-17-5-11-21(12-6-17)34(31,32-2)16-20-14-25(35-26(20)27(29)30)19-9-7-18(8-10-19)24-15-22-23(33-24)4-3-13-28-22;1-32-34(31,20-10-8-19(27)9-11-20)15-18-13-24(35-25(18)26(29)30)17-6-4-16(5-7-17)23-14-21-22(33-23)3-2-12-28-21/h4-15H,16H2,1-3H3,(H,30,31);3-15H,16H2,1-2H3,(H,29,30);2-14H,15H2,1H3,(H,29,30). The average Bonchev–Trinajstić information content (AvgIpc) is 1.81. The number of carbonyl (C=O) groups is 3. The molecule has 0 amide bonds. The molecule has 9 aromatic heterocycles. The number of aromatic nitrogens is 3. The molecule has 0 bridgehead atoms. The van der Waals surface area contributed by atoms with Crippen molar-refractivity contribution in [2.24, 2.45) is 0 Å². The maximum atomic E-state index is 13.9. The lowest BCUT2D eigenvalue weighted by atomic mass is 10.1. The number of fused-ring (bicyclic) bond motifs is 3. The van der Waals surface area contributed by atoms with Gasteiger partial charge in [0.2, 0.25) is 22.1 Å². The first kappa shape index (κ1) is 74.0. The third-order valence-electron chi connectivity index (χ3n) is 17.6. The Balaban J connectivity index is 0.000000141. The molecule has 0 saturated carbocycles. The van der Waals surface area contributed by atoms with Gasteiger partial charge in [-0.1, -0.05) is 120 Å².